The van der Waals surface area contributed by atoms with E-state index in [0.717, 1.165) is 24.8 Å². The highest BCUT2D eigenvalue weighted by Crippen LogP contribution is 2.34. The molecule has 1 aromatic rings. The second-order valence-corrected chi connectivity index (χ2v) is 6.49. The van der Waals surface area contributed by atoms with Crippen LogP contribution in [0.3, 0.4) is 0 Å². The Morgan fingerprint density at radius 2 is 1.92 bits per heavy atom. The molecule has 0 radical (unpaired) electrons. The van der Waals surface area contributed by atoms with Crippen molar-refractivity contribution in [3.8, 4) is 11.5 Å². The van der Waals surface area contributed by atoms with E-state index in [0.29, 0.717) is 18.0 Å². The summed E-state index contributed by atoms with van der Waals surface area (Å²) in [7, 11) is 4.43. The average molecular weight is 364 g/mol. The van der Waals surface area contributed by atoms with Gasteiger partial charge in [-0.05, 0) is 43.0 Å². The maximum Gasteiger partial charge on any atom is 0.307 e. The quantitative estimate of drug-likeness (QED) is 0.682. The smallest absolute Gasteiger partial charge is 0.307 e. The molecule has 0 bridgehead atoms. The first-order chi connectivity index (χ1) is 12.5. The van der Waals surface area contributed by atoms with Gasteiger partial charge in [0, 0.05) is 5.92 Å². The van der Waals surface area contributed by atoms with Gasteiger partial charge in [-0.3, -0.25) is 9.59 Å². The van der Waals surface area contributed by atoms with Gasteiger partial charge in [0.05, 0.1) is 33.8 Å². The maximum atomic E-state index is 12.8. The van der Waals surface area contributed by atoms with Gasteiger partial charge in [0.25, 0.3) is 0 Å². The molecule has 1 aliphatic rings. The van der Waals surface area contributed by atoms with Crippen LogP contribution in [0.15, 0.2) is 18.2 Å². The Bertz CT molecular complexity index is 634. The van der Waals surface area contributed by atoms with Gasteiger partial charge in [-0.1, -0.05) is 12.5 Å². The van der Waals surface area contributed by atoms with Crippen LogP contribution in [0.4, 0.5) is 0 Å². The summed E-state index contributed by atoms with van der Waals surface area (Å²) in [5, 5.41) is 3.00. The number of carbonyl (C=O) groups excluding carboxylic acids is 2. The Morgan fingerprint density at radius 3 is 2.54 bits per heavy atom. The standard InChI is InChI=1S/C19H28N2O5/c1-24-16-8-7-12(9-17(16)25-2)15(10-18(22)26-3)21-19(23)14-6-4-5-13(14)11-20/h7-9,13-15H,4-6,10-11,20H2,1-3H3,(H,21,23)/t13-,14-,15?/m1/s1. The predicted molar refractivity (Wildman–Crippen MR) is 96.9 cm³/mol. The molecule has 1 aliphatic carbocycles. The largest absolute Gasteiger partial charge is 0.493 e. The van der Waals surface area contributed by atoms with Gasteiger partial charge in [-0.25, -0.2) is 0 Å². The van der Waals surface area contributed by atoms with Crippen molar-refractivity contribution in [3.05, 3.63) is 23.8 Å². The predicted octanol–water partition coefficient (Wildman–Crippen LogP) is 1.80. The van der Waals surface area contributed by atoms with Crippen LogP contribution in [0.1, 0.15) is 37.3 Å². The summed E-state index contributed by atoms with van der Waals surface area (Å²) >= 11 is 0. The second-order valence-electron chi connectivity index (χ2n) is 6.49. The molecule has 3 N–H and O–H groups in total. The Morgan fingerprint density at radius 1 is 1.19 bits per heavy atom. The third kappa shape index (κ3) is 4.66. The molecule has 0 aromatic heterocycles. The number of amides is 1. The summed E-state index contributed by atoms with van der Waals surface area (Å²) in [6.45, 7) is 0.496. The summed E-state index contributed by atoms with van der Waals surface area (Å²) in [6, 6.07) is 4.82. The van der Waals surface area contributed by atoms with Gasteiger partial charge in [0.1, 0.15) is 0 Å². The van der Waals surface area contributed by atoms with E-state index >= 15 is 0 Å². The van der Waals surface area contributed by atoms with Crippen LogP contribution in [-0.4, -0.2) is 39.8 Å². The van der Waals surface area contributed by atoms with Crippen LogP contribution in [0.2, 0.25) is 0 Å². The molecule has 1 saturated carbocycles. The van der Waals surface area contributed by atoms with Crippen molar-refractivity contribution >= 4 is 11.9 Å². The highest BCUT2D eigenvalue weighted by Gasteiger charge is 2.33. The summed E-state index contributed by atoms with van der Waals surface area (Å²) in [6.07, 6.45) is 2.83. The summed E-state index contributed by atoms with van der Waals surface area (Å²) in [5.41, 5.74) is 6.54. The molecular weight excluding hydrogens is 336 g/mol. The van der Waals surface area contributed by atoms with E-state index in [1.165, 1.54) is 7.11 Å². The third-order valence-electron chi connectivity index (χ3n) is 5.02. The first-order valence-electron chi connectivity index (χ1n) is 8.83. The van der Waals surface area contributed by atoms with Crippen molar-refractivity contribution < 1.29 is 23.8 Å². The molecule has 144 valence electrons. The molecular formula is C19H28N2O5. The molecule has 3 atom stereocenters. The van der Waals surface area contributed by atoms with Gasteiger partial charge >= 0.3 is 5.97 Å². The number of benzene rings is 1. The summed E-state index contributed by atoms with van der Waals surface area (Å²) in [4.78, 5) is 24.6. The fraction of sp³-hybridized carbons (Fsp3) is 0.579. The Labute approximate surface area is 154 Å². The molecule has 0 heterocycles. The van der Waals surface area contributed by atoms with Crippen LogP contribution in [0.5, 0.6) is 11.5 Å². The van der Waals surface area contributed by atoms with Crippen molar-refractivity contribution in [3.63, 3.8) is 0 Å². The number of hydrogen-bond acceptors (Lipinski definition) is 6. The van der Waals surface area contributed by atoms with Gasteiger partial charge in [0.2, 0.25) is 5.91 Å². The number of nitrogens with two attached hydrogens (primary N) is 1. The van der Waals surface area contributed by atoms with Crippen molar-refractivity contribution in [1.82, 2.24) is 5.32 Å². The normalized spacial score (nSPS) is 20.3. The topological polar surface area (TPSA) is 99.9 Å². The van der Waals surface area contributed by atoms with Crippen LogP contribution < -0.4 is 20.5 Å². The van der Waals surface area contributed by atoms with Crippen molar-refractivity contribution in [1.29, 1.82) is 0 Å². The van der Waals surface area contributed by atoms with Crippen molar-refractivity contribution in [2.45, 2.75) is 31.7 Å². The molecule has 0 spiro atoms. The first-order valence-corrected chi connectivity index (χ1v) is 8.83. The Kier molecular flexibility index (Phi) is 7.26. The highest BCUT2D eigenvalue weighted by molar-refractivity contribution is 5.81. The molecule has 0 aliphatic heterocycles. The number of carbonyl (C=O) groups is 2. The van der Waals surface area contributed by atoms with E-state index in [4.69, 9.17) is 19.9 Å². The van der Waals surface area contributed by atoms with Gasteiger partial charge in [-0.2, -0.15) is 0 Å². The fourth-order valence-corrected chi connectivity index (χ4v) is 3.51. The van der Waals surface area contributed by atoms with E-state index in [1.54, 1.807) is 26.4 Å². The van der Waals surface area contributed by atoms with E-state index in [9.17, 15) is 9.59 Å². The van der Waals surface area contributed by atoms with Gasteiger partial charge in [0.15, 0.2) is 11.5 Å². The molecule has 2 rings (SSSR count). The molecule has 26 heavy (non-hydrogen) atoms. The zero-order chi connectivity index (χ0) is 19.1. The summed E-state index contributed by atoms with van der Waals surface area (Å²) in [5.74, 6) is 0.737. The summed E-state index contributed by atoms with van der Waals surface area (Å²) < 4.78 is 15.4. The van der Waals surface area contributed by atoms with Crippen LogP contribution >= 0.6 is 0 Å². The van der Waals surface area contributed by atoms with Crippen LogP contribution in [0, 0.1) is 11.8 Å². The van der Waals surface area contributed by atoms with E-state index < -0.39 is 12.0 Å². The molecule has 1 amide bonds. The van der Waals surface area contributed by atoms with Crippen molar-refractivity contribution in [2.24, 2.45) is 17.6 Å². The molecule has 0 saturated heterocycles. The molecule has 7 heteroatoms. The van der Waals surface area contributed by atoms with Crippen LogP contribution in [-0.2, 0) is 14.3 Å². The number of methoxy groups -OCH3 is 3. The highest BCUT2D eigenvalue weighted by atomic mass is 16.5. The minimum atomic E-state index is -0.506. The number of hydrogen-bond donors (Lipinski definition) is 2. The Hall–Kier alpha value is -2.28. The number of rotatable bonds is 8. The molecule has 1 fully saturated rings. The average Bonchev–Trinajstić information content (AvgIpc) is 3.15. The lowest BCUT2D eigenvalue weighted by atomic mass is 9.94. The van der Waals surface area contributed by atoms with Crippen LogP contribution in [0.25, 0.3) is 0 Å². The monoisotopic (exact) mass is 364 g/mol. The molecule has 7 nitrogen and oxygen atoms in total. The zero-order valence-electron chi connectivity index (χ0n) is 15.6. The van der Waals surface area contributed by atoms with E-state index in [1.807, 2.05) is 6.07 Å². The third-order valence-corrected chi connectivity index (χ3v) is 5.02. The first kappa shape index (κ1) is 20.0. The number of nitrogens with one attached hydrogen (secondary N) is 1. The minimum absolute atomic E-state index is 0.0394. The lowest BCUT2D eigenvalue weighted by Gasteiger charge is -2.23. The molecule has 1 unspecified atom stereocenters. The van der Waals surface area contributed by atoms with E-state index in [-0.39, 0.29) is 24.2 Å². The SMILES string of the molecule is COC(=O)CC(NC(=O)[C@@H]1CCC[C@@H]1CN)c1ccc(OC)c(OC)c1. The second kappa shape index (κ2) is 9.43. The maximum absolute atomic E-state index is 12.8. The van der Waals surface area contributed by atoms with Gasteiger partial charge in [-0.15, -0.1) is 0 Å². The minimum Gasteiger partial charge on any atom is -0.493 e. The lowest BCUT2D eigenvalue weighted by Crippen LogP contribution is -2.38. The lowest BCUT2D eigenvalue weighted by molar-refractivity contribution is -0.141. The fourth-order valence-electron chi connectivity index (χ4n) is 3.51. The number of ether oxygens (including phenoxy) is 3. The number of esters is 1. The van der Waals surface area contributed by atoms with E-state index in [2.05, 4.69) is 5.32 Å². The van der Waals surface area contributed by atoms with Gasteiger partial charge < -0.3 is 25.3 Å². The Balaban J connectivity index is 2.23. The van der Waals surface area contributed by atoms with Crippen molar-refractivity contribution in [2.75, 3.05) is 27.9 Å². The zero-order valence-corrected chi connectivity index (χ0v) is 15.6. The molecule has 1 aromatic carbocycles.